The number of aryl methyl sites for hydroxylation is 2. The lowest BCUT2D eigenvalue weighted by molar-refractivity contribution is 0.334. The van der Waals surface area contributed by atoms with Crippen LogP contribution < -0.4 is 10.6 Å². The molecule has 0 atom stereocenters. The zero-order valence-electron chi connectivity index (χ0n) is 13.0. The van der Waals surface area contributed by atoms with Crippen LogP contribution in [0, 0.1) is 19.3 Å². The first-order valence-corrected chi connectivity index (χ1v) is 8.21. The van der Waals surface area contributed by atoms with Gasteiger partial charge >= 0.3 is 0 Å². The molecule has 1 heterocycles. The van der Waals surface area contributed by atoms with Gasteiger partial charge in [-0.2, -0.15) is 0 Å². The minimum atomic E-state index is 0.439. The highest BCUT2D eigenvalue weighted by molar-refractivity contribution is 7.11. The highest BCUT2D eigenvalue weighted by Crippen LogP contribution is 2.36. The third-order valence-corrected chi connectivity index (χ3v) is 5.21. The predicted octanol–water partition coefficient (Wildman–Crippen LogP) is 3.01. The first-order chi connectivity index (χ1) is 9.52. The molecular weight excluding hydrogens is 268 g/mol. The molecule has 0 bridgehead atoms. The van der Waals surface area contributed by atoms with Crippen LogP contribution in [0.4, 0.5) is 0 Å². The van der Waals surface area contributed by atoms with Gasteiger partial charge in [0.05, 0.1) is 17.2 Å². The van der Waals surface area contributed by atoms with Gasteiger partial charge in [-0.1, -0.05) is 19.8 Å². The van der Waals surface area contributed by atoms with E-state index in [4.69, 9.17) is 0 Å². The van der Waals surface area contributed by atoms with E-state index < -0.39 is 0 Å². The summed E-state index contributed by atoms with van der Waals surface area (Å²) in [6.07, 6.45) is 5.38. The molecule has 2 N–H and O–H groups in total. The molecule has 0 aliphatic heterocycles. The summed E-state index contributed by atoms with van der Waals surface area (Å²) in [6, 6.07) is 0. The minimum Gasteiger partial charge on any atom is -0.356 e. The summed E-state index contributed by atoms with van der Waals surface area (Å²) < 4.78 is 0. The van der Waals surface area contributed by atoms with E-state index in [2.05, 4.69) is 41.4 Å². The average Bonchev–Trinajstić information content (AvgIpc) is 2.97. The summed E-state index contributed by atoms with van der Waals surface area (Å²) in [5.41, 5.74) is 1.56. The molecule has 112 valence electrons. The normalized spacial score (nSPS) is 18.3. The van der Waals surface area contributed by atoms with E-state index in [0.717, 1.165) is 29.8 Å². The topological polar surface area (TPSA) is 49.3 Å². The van der Waals surface area contributed by atoms with E-state index in [-0.39, 0.29) is 0 Å². The van der Waals surface area contributed by atoms with Gasteiger partial charge in [-0.15, -0.1) is 11.3 Å². The molecule has 4 nitrogen and oxygen atoms in total. The van der Waals surface area contributed by atoms with Crippen LogP contribution in [0.15, 0.2) is 4.99 Å². The van der Waals surface area contributed by atoms with Crippen molar-refractivity contribution in [1.29, 1.82) is 0 Å². The first-order valence-electron chi connectivity index (χ1n) is 7.40. The SMILES string of the molecule is CN=C(NCc1sc(C)nc1C)NCC1(C)CCCC1. The van der Waals surface area contributed by atoms with Crippen LogP contribution in [-0.2, 0) is 6.54 Å². The predicted molar refractivity (Wildman–Crippen MR) is 86.4 cm³/mol. The van der Waals surface area contributed by atoms with E-state index in [0.29, 0.717) is 5.41 Å². The highest BCUT2D eigenvalue weighted by Gasteiger charge is 2.28. The number of thiazole rings is 1. The van der Waals surface area contributed by atoms with Crippen LogP contribution in [0.2, 0.25) is 0 Å². The summed E-state index contributed by atoms with van der Waals surface area (Å²) in [5, 5.41) is 7.99. The Morgan fingerprint density at radius 3 is 2.55 bits per heavy atom. The van der Waals surface area contributed by atoms with Crippen molar-refractivity contribution < 1.29 is 0 Å². The van der Waals surface area contributed by atoms with Crippen molar-refractivity contribution in [3.8, 4) is 0 Å². The Morgan fingerprint density at radius 1 is 1.30 bits per heavy atom. The highest BCUT2D eigenvalue weighted by atomic mass is 32.1. The van der Waals surface area contributed by atoms with Gasteiger partial charge in [0.15, 0.2) is 5.96 Å². The second kappa shape index (κ2) is 6.57. The number of hydrogen-bond donors (Lipinski definition) is 2. The zero-order chi connectivity index (χ0) is 14.6. The molecular formula is C15H26N4S. The molecule has 0 spiro atoms. The van der Waals surface area contributed by atoms with Crippen molar-refractivity contribution in [2.24, 2.45) is 10.4 Å². The van der Waals surface area contributed by atoms with Gasteiger partial charge in [-0.25, -0.2) is 4.98 Å². The Labute approximate surface area is 126 Å². The maximum atomic E-state index is 4.45. The molecule has 0 saturated heterocycles. The van der Waals surface area contributed by atoms with Gasteiger partial charge in [-0.3, -0.25) is 4.99 Å². The molecule has 5 heteroatoms. The number of aromatic nitrogens is 1. The third kappa shape index (κ3) is 3.95. The van der Waals surface area contributed by atoms with E-state index in [1.807, 2.05) is 7.05 Å². The van der Waals surface area contributed by atoms with Gasteiger partial charge in [0.2, 0.25) is 0 Å². The molecule has 1 aromatic heterocycles. The zero-order valence-corrected chi connectivity index (χ0v) is 13.9. The van der Waals surface area contributed by atoms with Crippen LogP contribution in [0.5, 0.6) is 0 Å². The van der Waals surface area contributed by atoms with E-state index >= 15 is 0 Å². The maximum Gasteiger partial charge on any atom is 0.191 e. The van der Waals surface area contributed by atoms with Gasteiger partial charge in [-0.05, 0) is 32.1 Å². The quantitative estimate of drug-likeness (QED) is 0.663. The van der Waals surface area contributed by atoms with Gasteiger partial charge in [0.25, 0.3) is 0 Å². The monoisotopic (exact) mass is 294 g/mol. The van der Waals surface area contributed by atoms with Crippen molar-refractivity contribution in [3.05, 3.63) is 15.6 Å². The van der Waals surface area contributed by atoms with Crippen LogP contribution in [-0.4, -0.2) is 24.5 Å². The molecule has 0 radical (unpaired) electrons. The van der Waals surface area contributed by atoms with Crippen molar-refractivity contribution in [2.75, 3.05) is 13.6 Å². The van der Waals surface area contributed by atoms with Crippen molar-refractivity contribution >= 4 is 17.3 Å². The Kier molecular flexibility index (Phi) is 5.02. The van der Waals surface area contributed by atoms with Gasteiger partial charge < -0.3 is 10.6 Å². The number of nitrogens with one attached hydrogen (secondary N) is 2. The van der Waals surface area contributed by atoms with Gasteiger partial charge in [0, 0.05) is 18.5 Å². The van der Waals surface area contributed by atoms with Crippen molar-refractivity contribution in [2.45, 2.75) is 53.0 Å². The second-order valence-electron chi connectivity index (χ2n) is 6.04. The third-order valence-electron chi connectivity index (χ3n) is 4.13. The standard InChI is InChI=1S/C15H26N4S/c1-11-13(20-12(2)19-11)9-17-14(16-4)18-10-15(3)7-5-6-8-15/h5-10H2,1-4H3,(H2,16,17,18). The van der Waals surface area contributed by atoms with E-state index in [9.17, 15) is 0 Å². The first kappa shape index (κ1) is 15.3. The molecule has 1 aromatic rings. The number of hydrogen-bond acceptors (Lipinski definition) is 3. The molecule has 0 aromatic carbocycles. The summed E-state index contributed by atoms with van der Waals surface area (Å²) in [6.45, 7) is 8.30. The summed E-state index contributed by atoms with van der Waals surface area (Å²) in [7, 11) is 1.83. The molecule has 0 amide bonds. The largest absolute Gasteiger partial charge is 0.356 e. The fourth-order valence-corrected chi connectivity index (χ4v) is 3.70. The lowest BCUT2D eigenvalue weighted by Crippen LogP contribution is -2.41. The molecule has 1 saturated carbocycles. The molecule has 0 unspecified atom stereocenters. The summed E-state index contributed by atoms with van der Waals surface area (Å²) in [5.74, 6) is 0.892. The number of guanidine groups is 1. The minimum absolute atomic E-state index is 0.439. The summed E-state index contributed by atoms with van der Waals surface area (Å²) >= 11 is 1.75. The van der Waals surface area contributed by atoms with Crippen LogP contribution in [0.25, 0.3) is 0 Å². The number of nitrogens with zero attached hydrogens (tertiary/aromatic N) is 2. The van der Waals surface area contributed by atoms with Gasteiger partial charge in [0.1, 0.15) is 0 Å². The fraction of sp³-hybridized carbons (Fsp3) is 0.733. The Hall–Kier alpha value is -1.10. The average molecular weight is 294 g/mol. The maximum absolute atomic E-state index is 4.45. The summed E-state index contributed by atoms with van der Waals surface area (Å²) in [4.78, 5) is 10.1. The molecule has 1 fully saturated rings. The number of rotatable bonds is 4. The van der Waals surface area contributed by atoms with Crippen LogP contribution in [0.1, 0.15) is 48.2 Å². The Bertz CT molecular complexity index is 472. The lowest BCUT2D eigenvalue weighted by atomic mass is 9.89. The molecule has 2 rings (SSSR count). The van der Waals surface area contributed by atoms with Crippen LogP contribution >= 0.6 is 11.3 Å². The van der Waals surface area contributed by atoms with Crippen molar-refractivity contribution in [1.82, 2.24) is 15.6 Å². The van der Waals surface area contributed by atoms with E-state index in [1.165, 1.54) is 30.6 Å². The lowest BCUT2D eigenvalue weighted by Gasteiger charge is -2.25. The Balaban J connectivity index is 1.82. The second-order valence-corrected chi connectivity index (χ2v) is 7.33. The molecule has 1 aliphatic carbocycles. The molecule has 20 heavy (non-hydrogen) atoms. The van der Waals surface area contributed by atoms with Crippen molar-refractivity contribution in [3.63, 3.8) is 0 Å². The molecule has 1 aliphatic rings. The van der Waals surface area contributed by atoms with Crippen LogP contribution in [0.3, 0.4) is 0 Å². The van der Waals surface area contributed by atoms with E-state index in [1.54, 1.807) is 11.3 Å². The smallest absolute Gasteiger partial charge is 0.191 e. The fourth-order valence-electron chi connectivity index (χ4n) is 2.82. The number of aliphatic imine (C=N–C) groups is 1. The Morgan fingerprint density at radius 2 is 2.00 bits per heavy atom.